The lowest BCUT2D eigenvalue weighted by molar-refractivity contribution is 0.749. The Labute approximate surface area is 158 Å². The SMILES string of the molecule is CC(C)CSc1ncnc2c1c(-c1ccccc1)cn2-c1ccccc1. The third-order valence-electron chi connectivity index (χ3n) is 4.22. The molecule has 2 aromatic carbocycles. The molecule has 0 aliphatic rings. The summed E-state index contributed by atoms with van der Waals surface area (Å²) in [4.78, 5) is 9.24. The van der Waals surface area contributed by atoms with Crippen molar-refractivity contribution in [2.24, 2.45) is 5.92 Å². The van der Waals surface area contributed by atoms with Crippen LogP contribution in [0.25, 0.3) is 27.8 Å². The lowest BCUT2D eigenvalue weighted by atomic mass is 10.1. The van der Waals surface area contributed by atoms with Crippen molar-refractivity contribution >= 4 is 22.8 Å². The predicted octanol–water partition coefficient (Wildman–Crippen LogP) is 5.84. The maximum atomic E-state index is 4.63. The minimum absolute atomic E-state index is 0.612. The first-order valence-electron chi connectivity index (χ1n) is 8.83. The second kappa shape index (κ2) is 7.34. The van der Waals surface area contributed by atoms with E-state index in [1.54, 1.807) is 6.33 Å². The van der Waals surface area contributed by atoms with Crippen LogP contribution in [0.1, 0.15) is 13.8 Å². The summed E-state index contributed by atoms with van der Waals surface area (Å²) in [5.41, 5.74) is 4.43. The van der Waals surface area contributed by atoms with Crippen LogP contribution in [0.5, 0.6) is 0 Å². The summed E-state index contributed by atoms with van der Waals surface area (Å²) >= 11 is 1.81. The Balaban J connectivity index is 1.96. The summed E-state index contributed by atoms with van der Waals surface area (Å²) in [5.74, 6) is 1.65. The topological polar surface area (TPSA) is 30.7 Å². The molecule has 130 valence electrons. The third-order valence-corrected chi connectivity index (χ3v) is 5.64. The zero-order valence-electron chi connectivity index (χ0n) is 15.0. The second-order valence-electron chi connectivity index (χ2n) is 6.70. The molecule has 0 unspecified atom stereocenters. The van der Waals surface area contributed by atoms with E-state index in [4.69, 9.17) is 0 Å². The highest BCUT2D eigenvalue weighted by Crippen LogP contribution is 2.37. The summed E-state index contributed by atoms with van der Waals surface area (Å²) in [7, 11) is 0. The van der Waals surface area contributed by atoms with Gasteiger partial charge in [0, 0.05) is 23.2 Å². The van der Waals surface area contributed by atoms with Gasteiger partial charge in [-0.15, -0.1) is 11.8 Å². The van der Waals surface area contributed by atoms with Crippen LogP contribution in [0.4, 0.5) is 0 Å². The molecule has 2 heterocycles. The van der Waals surface area contributed by atoms with Gasteiger partial charge in [0.25, 0.3) is 0 Å². The predicted molar refractivity (Wildman–Crippen MR) is 110 cm³/mol. The smallest absolute Gasteiger partial charge is 0.149 e. The number of nitrogens with zero attached hydrogens (tertiary/aromatic N) is 3. The average Bonchev–Trinajstić information content (AvgIpc) is 3.08. The van der Waals surface area contributed by atoms with E-state index < -0.39 is 0 Å². The minimum Gasteiger partial charge on any atom is -0.301 e. The quantitative estimate of drug-likeness (QED) is 0.331. The van der Waals surface area contributed by atoms with E-state index in [-0.39, 0.29) is 0 Å². The van der Waals surface area contributed by atoms with Crippen molar-refractivity contribution < 1.29 is 0 Å². The number of thioether (sulfide) groups is 1. The van der Waals surface area contributed by atoms with Crippen molar-refractivity contribution in [3.63, 3.8) is 0 Å². The minimum atomic E-state index is 0.612. The average molecular weight is 359 g/mol. The largest absolute Gasteiger partial charge is 0.301 e. The highest BCUT2D eigenvalue weighted by Gasteiger charge is 2.17. The van der Waals surface area contributed by atoms with Crippen LogP contribution in [-0.2, 0) is 0 Å². The first kappa shape index (κ1) is 16.9. The van der Waals surface area contributed by atoms with Crippen LogP contribution in [0.2, 0.25) is 0 Å². The molecule has 0 bridgehead atoms. The van der Waals surface area contributed by atoms with Gasteiger partial charge in [-0.25, -0.2) is 9.97 Å². The summed E-state index contributed by atoms with van der Waals surface area (Å²) in [6.45, 7) is 4.47. The summed E-state index contributed by atoms with van der Waals surface area (Å²) in [6, 6.07) is 20.9. The lowest BCUT2D eigenvalue weighted by Crippen LogP contribution is -1.96. The molecule has 0 fully saturated rings. The van der Waals surface area contributed by atoms with Gasteiger partial charge in [-0.1, -0.05) is 62.4 Å². The first-order valence-corrected chi connectivity index (χ1v) is 9.82. The molecule has 0 saturated carbocycles. The Morgan fingerprint density at radius 1 is 0.923 bits per heavy atom. The second-order valence-corrected chi connectivity index (χ2v) is 7.71. The van der Waals surface area contributed by atoms with E-state index in [2.05, 4.69) is 83.1 Å². The molecule has 2 aromatic heterocycles. The number of fused-ring (bicyclic) bond motifs is 1. The molecule has 0 radical (unpaired) electrons. The van der Waals surface area contributed by atoms with E-state index in [0.29, 0.717) is 5.92 Å². The van der Waals surface area contributed by atoms with Gasteiger partial charge in [-0.3, -0.25) is 0 Å². The fourth-order valence-electron chi connectivity index (χ4n) is 3.01. The lowest BCUT2D eigenvalue weighted by Gasteiger charge is -2.07. The normalized spacial score (nSPS) is 11.3. The summed E-state index contributed by atoms with van der Waals surface area (Å²) < 4.78 is 2.17. The molecule has 0 atom stereocenters. The Morgan fingerprint density at radius 2 is 1.62 bits per heavy atom. The maximum Gasteiger partial charge on any atom is 0.149 e. The van der Waals surface area contributed by atoms with Gasteiger partial charge < -0.3 is 4.57 Å². The zero-order chi connectivity index (χ0) is 17.9. The molecular formula is C22H21N3S. The Hall–Kier alpha value is -2.59. The van der Waals surface area contributed by atoms with Crippen molar-refractivity contribution in [3.8, 4) is 16.8 Å². The Kier molecular flexibility index (Phi) is 4.76. The van der Waals surface area contributed by atoms with Crippen molar-refractivity contribution in [2.75, 3.05) is 5.75 Å². The van der Waals surface area contributed by atoms with Crippen LogP contribution < -0.4 is 0 Å². The van der Waals surface area contributed by atoms with E-state index in [1.807, 2.05) is 23.9 Å². The number of hydrogen-bond donors (Lipinski definition) is 0. The van der Waals surface area contributed by atoms with E-state index >= 15 is 0 Å². The fraction of sp³-hybridized carbons (Fsp3) is 0.182. The molecule has 26 heavy (non-hydrogen) atoms. The Bertz CT molecular complexity index is 1010. The van der Waals surface area contributed by atoms with E-state index in [1.165, 1.54) is 11.1 Å². The highest BCUT2D eigenvalue weighted by molar-refractivity contribution is 7.99. The van der Waals surface area contributed by atoms with Gasteiger partial charge in [-0.2, -0.15) is 0 Å². The molecule has 0 amide bonds. The zero-order valence-corrected chi connectivity index (χ0v) is 15.8. The van der Waals surface area contributed by atoms with Gasteiger partial charge >= 0.3 is 0 Å². The van der Waals surface area contributed by atoms with Crippen LogP contribution in [-0.4, -0.2) is 20.3 Å². The third kappa shape index (κ3) is 3.25. The molecule has 0 aliphatic heterocycles. The molecule has 4 aromatic rings. The van der Waals surface area contributed by atoms with E-state index in [0.717, 1.165) is 27.5 Å². The van der Waals surface area contributed by atoms with Gasteiger partial charge in [0.2, 0.25) is 0 Å². The first-order chi connectivity index (χ1) is 12.7. The van der Waals surface area contributed by atoms with Crippen LogP contribution in [0, 0.1) is 5.92 Å². The van der Waals surface area contributed by atoms with Gasteiger partial charge in [0.15, 0.2) is 0 Å². The van der Waals surface area contributed by atoms with Gasteiger partial charge in [0.1, 0.15) is 17.0 Å². The van der Waals surface area contributed by atoms with Crippen LogP contribution >= 0.6 is 11.8 Å². The molecule has 0 saturated heterocycles. The molecular weight excluding hydrogens is 338 g/mol. The molecule has 4 rings (SSSR count). The van der Waals surface area contributed by atoms with Gasteiger partial charge in [-0.05, 0) is 23.6 Å². The number of benzene rings is 2. The van der Waals surface area contributed by atoms with Crippen molar-refractivity contribution in [2.45, 2.75) is 18.9 Å². The van der Waals surface area contributed by atoms with Crippen molar-refractivity contribution in [3.05, 3.63) is 73.2 Å². The Morgan fingerprint density at radius 3 is 2.31 bits per heavy atom. The molecule has 0 N–H and O–H groups in total. The summed E-state index contributed by atoms with van der Waals surface area (Å²) in [5, 5.41) is 2.19. The van der Waals surface area contributed by atoms with Crippen molar-refractivity contribution in [1.82, 2.24) is 14.5 Å². The fourth-order valence-corrected chi connectivity index (χ4v) is 3.97. The number of aromatic nitrogens is 3. The molecule has 3 nitrogen and oxygen atoms in total. The van der Waals surface area contributed by atoms with Crippen LogP contribution in [0.3, 0.4) is 0 Å². The molecule has 0 spiro atoms. The highest BCUT2D eigenvalue weighted by atomic mass is 32.2. The molecule has 0 aliphatic carbocycles. The van der Waals surface area contributed by atoms with E-state index in [9.17, 15) is 0 Å². The number of hydrogen-bond acceptors (Lipinski definition) is 3. The standard InChI is InChI=1S/C22H21N3S/c1-16(2)14-26-22-20-19(17-9-5-3-6-10-17)13-25(21(20)23-15-24-22)18-11-7-4-8-12-18/h3-13,15-16H,14H2,1-2H3. The number of para-hydroxylation sites is 1. The summed E-state index contributed by atoms with van der Waals surface area (Å²) in [6.07, 6.45) is 3.86. The monoisotopic (exact) mass is 359 g/mol. The number of rotatable bonds is 5. The molecule has 4 heteroatoms. The van der Waals surface area contributed by atoms with Gasteiger partial charge in [0.05, 0.1) is 5.39 Å². The van der Waals surface area contributed by atoms with Crippen molar-refractivity contribution in [1.29, 1.82) is 0 Å². The van der Waals surface area contributed by atoms with Crippen LogP contribution in [0.15, 0.2) is 78.2 Å². The maximum absolute atomic E-state index is 4.63.